The number of nitrogens with one attached hydrogen (secondary N) is 2. The standard InChI is InChI=1S/C20H18N2O3/c1-14-9-11-16(12-10-14)22-19(23)18(15-6-3-2-4-7-15)25-20(24)17-8-5-13-21-17/h2-13,18,21H,1H3,(H,22,23)/t18-/m1/s1. The lowest BCUT2D eigenvalue weighted by Crippen LogP contribution is -2.26. The number of amides is 1. The molecule has 0 aliphatic rings. The van der Waals surface area contributed by atoms with Crippen molar-refractivity contribution in [2.24, 2.45) is 0 Å². The Balaban J connectivity index is 1.81. The maximum Gasteiger partial charge on any atom is 0.355 e. The number of hydrogen-bond donors (Lipinski definition) is 2. The first-order valence-corrected chi connectivity index (χ1v) is 7.90. The van der Waals surface area contributed by atoms with E-state index in [4.69, 9.17) is 4.74 Å². The van der Waals surface area contributed by atoms with Crippen molar-refractivity contribution in [1.82, 2.24) is 4.98 Å². The summed E-state index contributed by atoms with van der Waals surface area (Å²) in [7, 11) is 0. The van der Waals surface area contributed by atoms with Gasteiger partial charge in [-0.3, -0.25) is 4.79 Å². The number of aromatic amines is 1. The van der Waals surface area contributed by atoms with Gasteiger partial charge in [0.05, 0.1) is 0 Å². The highest BCUT2D eigenvalue weighted by Crippen LogP contribution is 2.21. The van der Waals surface area contributed by atoms with Gasteiger partial charge in [-0.25, -0.2) is 4.79 Å². The number of aryl methyl sites for hydroxylation is 1. The average molecular weight is 334 g/mol. The summed E-state index contributed by atoms with van der Waals surface area (Å²) in [6.07, 6.45) is 0.582. The third kappa shape index (κ3) is 4.14. The maximum absolute atomic E-state index is 12.7. The topological polar surface area (TPSA) is 71.2 Å². The van der Waals surface area contributed by atoms with Gasteiger partial charge in [-0.1, -0.05) is 48.0 Å². The number of anilines is 1. The zero-order valence-corrected chi connectivity index (χ0v) is 13.7. The van der Waals surface area contributed by atoms with E-state index in [0.717, 1.165) is 5.56 Å². The molecule has 3 aromatic rings. The number of esters is 1. The highest BCUT2D eigenvalue weighted by atomic mass is 16.5. The Bertz CT molecular complexity index is 840. The molecule has 0 saturated heterocycles. The minimum Gasteiger partial charge on any atom is -0.443 e. The van der Waals surface area contributed by atoms with Gasteiger partial charge in [-0.15, -0.1) is 0 Å². The Hall–Kier alpha value is -3.34. The molecule has 5 nitrogen and oxygen atoms in total. The third-order valence-corrected chi connectivity index (χ3v) is 3.70. The van der Waals surface area contributed by atoms with Crippen molar-refractivity contribution in [2.45, 2.75) is 13.0 Å². The molecule has 0 spiro atoms. The number of rotatable bonds is 5. The van der Waals surface area contributed by atoms with E-state index in [1.807, 2.05) is 37.3 Å². The summed E-state index contributed by atoms with van der Waals surface area (Å²) >= 11 is 0. The van der Waals surface area contributed by atoms with Gasteiger partial charge in [0, 0.05) is 17.4 Å². The summed E-state index contributed by atoms with van der Waals surface area (Å²) in [4.78, 5) is 27.7. The summed E-state index contributed by atoms with van der Waals surface area (Å²) < 4.78 is 5.46. The molecule has 1 heterocycles. The summed E-state index contributed by atoms with van der Waals surface area (Å²) in [6, 6.07) is 19.6. The monoisotopic (exact) mass is 334 g/mol. The van der Waals surface area contributed by atoms with E-state index >= 15 is 0 Å². The zero-order chi connectivity index (χ0) is 17.6. The van der Waals surface area contributed by atoms with Gasteiger partial charge in [-0.05, 0) is 31.2 Å². The molecular weight excluding hydrogens is 316 g/mol. The second kappa shape index (κ2) is 7.49. The van der Waals surface area contributed by atoms with Crippen molar-refractivity contribution < 1.29 is 14.3 Å². The number of carbonyl (C=O) groups excluding carboxylic acids is 2. The fourth-order valence-electron chi connectivity index (χ4n) is 2.37. The largest absolute Gasteiger partial charge is 0.443 e. The van der Waals surface area contributed by atoms with Crippen LogP contribution in [0.15, 0.2) is 72.9 Å². The van der Waals surface area contributed by atoms with Gasteiger partial charge in [0.2, 0.25) is 6.10 Å². The summed E-state index contributed by atoms with van der Waals surface area (Å²) in [5.74, 6) is -0.993. The minimum atomic E-state index is -1.04. The van der Waals surface area contributed by atoms with Gasteiger partial charge >= 0.3 is 5.97 Å². The van der Waals surface area contributed by atoms with Crippen molar-refractivity contribution in [1.29, 1.82) is 0 Å². The lowest BCUT2D eigenvalue weighted by atomic mass is 10.1. The molecule has 0 aliphatic heterocycles. The first-order valence-electron chi connectivity index (χ1n) is 7.90. The van der Waals surface area contributed by atoms with E-state index in [1.165, 1.54) is 0 Å². The van der Waals surface area contributed by atoms with Crippen molar-refractivity contribution in [3.05, 3.63) is 89.7 Å². The first-order chi connectivity index (χ1) is 12.1. The van der Waals surface area contributed by atoms with Crippen molar-refractivity contribution in [3.8, 4) is 0 Å². The minimum absolute atomic E-state index is 0.295. The molecule has 0 radical (unpaired) electrons. The molecule has 126 valence electrons. The normalized spacial score (nSPS) is 11.6. The molecular formula is C20H18N2O3. The fraction of sp³-hybridized carbons (Fsp3) is 0.100. The van der Waals surface area contributed by atoms with Crippen LogP contribution in [0.2, 0.25) is 0 Å². The smallest absolute Gasteiger partial charge is 0.355 e. The van der Waals surface area contributed by atoms with E-state index in [1.54, 1.807) is 42.6 Å². The molecule has 2 N–H and O–H groups in total. The lowest BCUT2D eigenvalue weighted by Gasteiger charge is -2.18. The summed E-state index contributed by atoms with van der Waals surface area (Å²) in [5.41, 5.74) is 2.64. The van der Waals surface area contributed by atoms with Gasteiger partial charge in [0.25, 0.3) is 5.91 Å². The average Bonchev–Trinajstić information content (AvgIpc) is 3.17. The molecule has 0 saturated carbocycles. The number of aromatic nitrogens is 1. The van der Waals surface area contributed by atoms with Crippen LogP contribution in [0.3, 0.4) is 0 Å². The molecule has 0 unspecified atom stereocenters. The molecule has 3 rings (SSSR count). The van der Waals surface area contributed by atoms with Crippen LogP contribution in [0, 0.1) is 6.92 Å². The summed E-state index contributed by atoms with van der Waals surface area (Å²) in [6.45, 7) is 1.97. The van der Waals surface area contributed by atoms with Crippen LogP contribution in [-0.4, -0.2) is 16.9 Å². The quantitative estimate of drug-likeness (QED) is 0.696. The lowest BCUT2D eigenvalue weighted by molar-refractivity contribution is -0.125. The second-order valence-corrected chi connectivity index (χ2v) is 5.64. The molecule has 1 amide bonds. The third-order valence-electron chi connectivity index (χ3n) is 3.70. The highest BCUT2D eigenvalue weighted by molar-refractivity contribution is 5.97. The van der Waals surface area contributed by atoms with Crippen LogP contribution in [0.4, 0.5) is 5.69 Å². The number of ether oxygens (including phenoxy) is 1. The summed E-state index contributed by atoms with van der Waals surface area (Å²) in [5, 5.41) is 2.79. The molecule has 2 aromatic carbocycles. The van der Waals surface area contributed by atoms with Crippen molar-refractivity contribution >= 4 is 17.6 Å². The van der Waals surface area contributed by atoms with Crippen LogP contribution in [0.5, 0.6) is 0 Å². The van der Waals surface area contributed by atoms with E-state index in [9.17, 15) is 9.59 Å². The van der Waals surface area contributed by atoms with E-state index in [2.05, 4.69) is 10.3 Å². The van der Waals surface area contributed by atoms with E-state index < -0.39 is 18.0 Å². The molecule has 0 fully saturated rings. The molecule has 25 heavy (non-hydrogen) atoms. The second-order valence-electron chi connectivity index (χ2n) is 5.64. The Kier molecular flexibility index (Phi) is 4.95. The van der Waals surface area contributed by atoms with Crippen LogP contribution < -0.4 is 5.32 Å². The van der Waals surface area contributed by atoms with Crippen LogP contribution in [0.1, 0.15) is 27.7 Å². The molecule has 1 atom stereocenters. The van der Waals surface area contributed by atoms with E-state index in [0.29, 0.717) is 16.9 Å². The van der Waals surface area contributed by atoms with Crippen LogP contribution in [0.25, 0.3) is 0 Å². The van der Waals surface area contributed by atoms with Crippen LogP contribution >= 0.6 is 0 Å². The molecule has 0 bridgehead atoms. The first kappa shape index (κ1) is 16.5. The molecule has 0 aliphatic carbocycles. The predicted octanol–water partition coefficient (Wildman–Crippen LogP) is 3.86. The molecule has 1 aromatic heterocycles. The number of benzene rings is 2. The Labute approximate surface area is 145 Å². The van der Waals surface area contributed by atoms with Crippen molar-refractivity contribution in [3.63, 3.8) is 0 Å². The van der Waals surface area contributed by atoms with E-state index in [-0.39, 0.29) is 0 Å². The van der Waals surface area contributed by atoms with Crippen LogP contribution in [-0.2, 0) is 9.53 Å². The zero-order valence-electron chi connectivity index (χ0n) is 13.7. The van der Waals surface area contributed by atoms with Gasteiger partial charge in [0.15, 0.2) is 0 Å². The van der Waals surface area contributed by atoms with Crippen molar-refractivity contribution in [2.75, 3.05) is 5.32 Å². The van der Waals surface area contributed by atoms with Gasteiger partial charge in [0.1, 0.15) is 5.69 Å². The molecule has 5 heteroatoms. The Morgan fingerprint density at radius 2 is 1.68 bits per heavy atom. The fourth-order valence-corrected chi connectivity index (χ4v) is 2.37. The number of H-pyrrole nitrogens is 1. The number of hydrogen-bond acceptors (Lipinski definition) is 3. The number of carbonyl (C=O) groups is 2. The maximum atomic E-state index is 12.7. The Morgan fingerprint density at radius 3 is 2.32 bits per heavy atom. The highest BCUT2D eigenvalue weighted by Gasteiger charge is 2.26. The van der Waals surface area contributed by atoms with Gasteiger partial charge < -0.3 is 15.0 Å². The Morgan fingerprint density at radius 1 is 0.960 bits per heavy atom. The SMILES string of the molecule is Cc1ccc(NC(=O)[C@H](OC(=O)c2ccc[nH]2)c2ccccc2)cc1. The van der Waals surface area contributed by atoms with Gasteiger partial charge in [-0.2, -0.15) is 0 Å². The predicted molar refractivity (Wildman–Crippen MR) is 95.2 cm³/mol.